The molecular weight excluding hydrogens is 287 g/mol. The van der Waals surface area contributed by atoms with Crippen molar-refractivity contribution in [2.24, 2.45) is 5.84 Å². The van der Waals surface area contributed by atoms with Gasteiger partial charge in [0, 0.05) is 16.5 Å². The molecular formula is C17H18ClFN2. The van der Waals surface area contributed by atoms with Crippen LogP contribution in [0.15, 0.2) is 48.5 Å². The Labute approximate surface area is 129 Å². The predicted octanol–water partition coefficient (Wildman–Crippen LogP) is 3.59. The molecule has 1 aliphatic rings. The van der Waals surface area contributed by atoms with Crippen LogP contribution < -0.4 is 11.3 Å². The first-order chi connectivity index (χ1) is 10.2. The number of hydrogen-bond donors (Lipinski definition) is 2. The van der Waals surface area contributed by atoms with E-state index in [1.54, 1.807) is 6.07 Å². The number of hydrazine groups is 1. The summed E-state index contributed by atoms with van der Waals surface area (Å²) < 4.78 is 13.4. The number of rotatable bonds is 5. The molecule has 1 atom stereocenters. The predicted molar refractivity (Wildman–Crippen MR) is 83.6 cm³/mol. The lowest BCUT2D eigenvalue weighted by Crippen LogP contribution is -2.45. The van der Waals surface area contributed by atoms with Crippen molar-refractivity contribution in [1.29, 1.82) is 0 Å². The molecule has 1 fully saturated rings. The van der Waals surface area contributed by atoms with Crippen molar-refractivity contribution in [2.75, 3.05) is 0 Å². The van der Waals surface area contributed by atoms with Gasteiger partial charge in [-0.1, -0.05) is 41.9 Å². The van der Waals surface area contributed by atoms with E-state index in [0.717, 1.165) is 18.4 Å². The fourth-order valence-electron chi connectivity index (χ4n) is 3.08. The number of hydrogen-bond acceptors (Lipinski definition) is 2. The van der Waals surface area contributed by atoms with Gasteiger partial charge in [0.2, 0.25) is 0 Å². The van der Waals surface area contributed by atoms with Crippen LogP contribution >= 0.6 is 11.6 Å². The largest absolute Gasteiger partial charge is 0.271 e. The Balaban J connectivity index is 1.88. The third-order valence-corrected chi connectivity index (χ3v) is 4.81. The Bertz CT molecular complexity index is 626. The normalized spacial score (nSPS) is 17.5. The molecule has 0 radical (unpaired) electrons. The first-order valence-corrected chi connectivity index (χ1v) is 7.49. The highest BCUT2D eigenvalue weighted by Gasteiger charge is 2.50. The first kappa shape index (κ1) is 14.5. The van der Waals surface area contributed by atoms with Crippen LogP contribution in [0.4, 0.5) is 4.39 Å². The summed E-state index contributed by atoms with van der Waals surface area (Å²) in [6.07, 6.45) is 2.78. The van der Waals surface area contributed by atoms with Crippen molar-refractivity contribution in [2.45, 2.75) is 30.7 Å². The summed E-state index contributed by atoms with van der Waals surface area (Å²) in [7, 11) is 0. The van der Waals surface area contributed by atoms with Crippen molar-refractivity contribution in [3.05, 3.63) is 70.5 Å². The first-order valence-electron chi connectivity index (χ1n) is 7.11. The van der Waals surface area contributed by atoms with Crippen LogP contribution in [0.3, 0.4) is 0 Å². The van der Waals surface area contributed by atoms with Gasteiger partial charge in [0.1, 0.15) is 5.82 Å². The van der Waals surface area contributed by atoms with Crippen LogP contribution in [-0.2, 0) is 11.8 Å². The van der Waals surface area contributed by atoms with E-state index in [0.29, 0.717) is 11.4 Å². The zero-order valence-electron chi connectivity index (χ0n) is 11.7. The highest BCUT2D eigenvalue weighted by atomic mass is 35.5. The fraction of sp³-hybridized carbons (Fsp3) is 0.294. The molecule has 0 aliphatic heterocycles. The lowest BCUT2D eigenvalue weighted by atomic mass is 9.85. The van der Waals surface area contributed by atoms with E-state index in [1.165, 1.54) is 17.7 Å². The van der Waals surface area contributed by atoms with E-state index in [4.69, 9.17) is 17.4 Å². The van der Waals surface area contributed by atoms with Gasteiger partial charge in [0.15, 0.2) is 0 Å². The molecule has 2 nitrogen and oxygen atoms in total. The van der Waals surface area contributed by atoms with Crippen LogP contribution in [0.1, 0.15) is 24.0 Å². The third kappa shape index (κ3) is 2.82. The van der Waals surface area contributed by atoms with Gasteiger partial charge in [0.25, 0.3) is 0 Å². The van der Waals surface area contributed by atoms with Crippen molar-refractivity contribution < 1.29 is 4.39 Å². The maximum absolute atomic E-state index is 13.4. The van der Waals surface area contributed by atoms with Gasteiger partial charge in [0.05, 0.1) is 0 Å². The quantitative estimate of drug-likeness (QED) is 0.654. The molecule has 0 spiro atoms. The molecule has 0 bridgehead atoms. The van der Waals surface area contributed by atoms with Crippen molar-refractivity contribution >= 4 is 11.6 Å². The van der Waals surface area contributed by atoms with Crippen LogP contribution in [0.25, 0.3) is 0 Å². The zero-order chi connectivity index (χ0) is 14.9. The van der Waals surface area contributed by atoms with E-state index >= 15 is 0 Å². The molecule has 0 aromatic heterocycles. The molecule has 1 unspecified atom stereocenters. The summed E-state index contributed by atoms with van der Waals surface area (Å²) in [4.78, 5) is 0. The topological polar surface area (TPSA) is 38.0 Å². The average molecular weight is 305 g/mol. The molecule has 21 heavy (non-hydrogen) atoms. The SMILES string of the molecule is NNC(Cc1cc(F)ccc1Cl)C1(c2ccccc2)CC1. The summed E-state index contributed by atoms with van der Waals surface area (Å²) >= 11 is 6.18. The number of benzene rings is 2. The van der Waals surface area contributed by atoms with E-state index in [2.05, 4.69) is 17.6 Å². The monoisotopic (exact) mass is 304 g/mol. The molecule has 3 rings (SSSR count). The Morgan fingerprint density at radius 2 is 1.90 bits per heavy atom. The minimum atomic E-state index is -0.269. The fourth-order valence-corrected chi connectivity index (χ4v) is 3.27. The Morgan fingerprint density at radius 1 is 1.19 bits per heavy atom. The van der Waals surface area contributed by atoms with Crippen LogP contribution in [-0.4, -0.2) is 6.04 Å². The van der Waals surface area contributed by atoms with Crippen molar-refractivity contribution in [3.63, 3.8) is 0 Å². The highest BCUT2D eigenvalue weighted by molar-refractivity contribution is 6.31. The molecule has 110 valence electrons. The molecule has 1 saturated carbocycles. The van der Waals surface area contributed by atoms with Gasteiger partial charge in [-0.05, 0) is 48.6 Å². The van der Waals surface area contributed by atoms with Gasteiger partial charge in [-0.25, -0.2) is 4.39 Å². The number of halogens is 2. The lowest BCUT2D eigenvalue weighted by molar-refractivity contribution is 0.420. The maximum Gasteiger partial charge on any atom is 0.123 e. The van der Waals surface area contributed by atoms with Gasteiger partial charge in [-0.2, -0.15) is 0 Å². The third-order valence-electron chi connectivity index (χ3n) is 4.44. The average Bonchev–Trinajstić information content (AvgIpc) is 3.31. The summed E-state index contributed by atoms with van der Waals surface area (Å²) in [5, 5.41) is 0.584. The molecule has 2 aromatic carbocycles. The molecule has 0 saturated heterocycles. The van der Waals surface area contributed by atoms with Crippen molar-refractivity contribution in [1.82, 2.24) is 5.43 Å². The summed E-state index contributed by atoms with van der Waals surface area (Å²) in [5.74, 6) is 5.52. The van der Waals surface area contributed by atoms with Gasteiger partial charge >= 0.3 is 0 Å². The maximum atomic E-state index is 13.4. The number of nitrogens with two attached hydrogens (primary N) is 1. The molecule has 0 amide bonds. The molecule has 0 heterocycles. The zero-order valence-corrected chi connectivity index (χ0v) is 12.4. The second-order valence-electron chi connectivity index (χ2n) is 5.68. The summed E-state index contributed by atoms with van der Waals surface area (Å²) in [6, 6.07) is 14.9. The number of nitrogens with one attached hydrogen (secondary N) is 1. The second kappa shape index (κ2) is 5.76. The van der Waals surface area contributed by atoms with Crippen molar-refractivity contribution in [3.8, 4) is 0 Å². The Kier molecular flexibility index (Phi) is 3.98. The Morgan fingerprint density at radius 3 is 2.52 bits per heavy atom. The molecule has 1 aliphatic carbocycles. The van der Waals surface area contributed by atoms with Crippen LogP contribution in [0.5, 0.6) is 0 Å². The highest BCUT2D eigenvalue weighted by Crippen LogP contribution is 2.51. The minimum Gasteiger partial charge on any atom is -0.271 e. The summed E-state index contributed by atoms with van der Waals surface area (Å²) in [5.41, 5.74) is 5.02. The second-order valence-corrected chi connectivity index (χ2v) is 6.09. The molecule has 3 N–H and O–H groups in total. The van der Waals surface area contributed by atoms with Gasteiger partial charge in [-0.15, -0.1) is 0 Å². The molecule has 4 heteroatoms. The Hall–Kier alpha value is -1.42. The minimum absolute atomic E-state index is 0.0334. The van der Waals surface area contributed by atoms with Gasteiger partial charge in [-0.3, -0.25) is 11.3 Å². The van der Waals surface area contributed by atoms with Crippen LogP contribution in [0, 0.1) is 5.82 Å². The molecule has 2 aromatic rings. The van der Waals surface area contributed by atoms with Gasteiger partial charge < -0.3 is 0 Å². The van der Waals surface area contributed by atoms with Crippen LogP contribution in [0.2, 0.25) is 5.02 Å². The van der Waals surface area contributed by atoms with E-state index < -0.39 is 0 Å². The lowest BCUT2D eigenvalue weighted by Gasteiger charge is -2.27. The summed E-state index contributed by atoms with van der Waals surface area (Å²) in [6.45, 7) is 0. The smallest absolute Gasteiger partial charge is 0.123 e. The van der Waals surface area contributed by atoms with E-state index in [9.17, 15) is 4.39 Å². The van der Waals surface area contributed by atoms with E-state index in [-0.39, 0.29) is 17.3 Å². The van der Waals surface area contributed by atoms with E-state index in [1.807, 2.05) is 18.2 Å². The standard InChI is InChI=1S/C17H18ClFN2/c18-15-7-6-14(19)10-12(15)11-16(21-20)17(8-9-17)13-4-2-1-3-5-13/h1-7,10,16,21H,8-9,11,20H2.